The summed E-state index contributed by atoms with van der Waals surface area (Å²) in [5.74, 6) is -6.24. The number of alkyl halides is 5. The summed E-state index contributed by atoms with van der Waals surface area (Å²) in [5.41, 5.74) is -2.02. The minimum absolute atomic E-state index is 0.00490. The van der Waals surface area contributed by atoms with Crippen LogP contribution in [0.4, 0.5) is 22.0 Å². The molecule has 2 aliphatic heterocycles. The van der Waals surface area contributed by atoms with Gasteiger partial charge in [0.1, 0.15) is 12.6 Å². The van der Waals surface area contributed by atoms with Crippen LogP contribution >= 0.6 is 0 Å². The maximum absolute atomic E-state index is 13.4. The van der Waals surface area contributed by atoms with Crippen LogP contribution < -0.4 is 16.0 Å². The van der Waals surface area contributed by atoms with E-state index in [-0.39, 0.29) is 18.9 Å². The Hall–Kier alpha value is -2.84. The number of hydrogen-bond donors (Lipinski definition) is 3. The molecule has 0 bridgehead atoms. The van der Waals surface area contributed by atoms with Gasteiger partial charge >= 0.3 is 18.2 Å². The molecule has 5 atom stereocenters. The molecule has 4 amide bonds. The van der Waals surface area contributed by atoms with Crippen molar-refractivity contribution < 1.29 is 50.7 Å². The van der Waals surface area contributed by atoms with Gasteiger partial charge in [-0.25, -0.2) is 8.78 Å². The summed E-state index contributed by atoms with van der Waals surface area (Å²) in [6.45, 7) is 0.975. The Kier molecular flexibility index (Phi) is 8.99. The lowest BCUT2D eigenvalue weighted by atomic mass is 9.92. The largest absolute Gasteiger partial charge is 0.522 e. The summed E-state index contributed by atoms with van der Waals surface area (Å²) >= 11 is 0. The van der Waals surface area contributed by atoms with Gasteiger partial charge in [-0.1, -0.05) is 6.42 Å². The van der Waals surface area contributed by atoms with Crippen molar-refractivity contribution in [1.29, 1.82) is 0 Å². The fraction of sp³-hybridized carbons (Fsp3) is 0.783. The van der Waals surface area contributed by atoms with E-state index in [1.54, 1.807) is 0 Å². The van der Waals surface area contributed by atoms with Crippen LogP contribution in [0.2, 0.25) is 0 Å². The van der Waals surface area contributed by atoms with Crippen molar-refractivity contribution in [1.82, 2.24) is 20.9 Å². The number of hydrogen-bond acceptors (Lipinski definition) is 6. The first-order chi connectivity index (χ1) is 17.6. The molecule has 0 aromatic heterocycles. The third kappa shape index (κ3) is 6.97. The molecule has 10 nitrogen and oxygen atoms in total. The lowest BCUT2D eigenvalue weighted by molar-refractivity contribution is -0.321. The number of amides is 4. The summed E-state index contributed by atoms with van der Waals surface area (Å²) in [7, 11) is 0. The Morgan fingerprint density at radius 3 is 2.39 bits per heavy atom. The molecule has 3 rings (SSSR count). The van der Waals surface area contributed by atoms with Crippen LogP contribution in [0.15, 0.2) is 0 Å². The van der Waals surface area contributed by atoms with Gasteiger partial charge < -0.3 is 20.9 Å². The lowest BCUT2D eigenvalue weighted by Gasteiger charge is -2.30. The molecule has 0 radical (unpaired) electrons. The zero-order valence-electron chi connectivity index (χ0n) is 20.9. The van der Waals surface area contributed by atoms with E-state index in [0.29, 0.717) is 25.8 Å². The highest BCUT2D eigenvalue weighted by atomic mass is 19.4. The molecule has 15 heteroatoms. The third-order valence-electron chi connectivity index (χ3n) is 7.36. The van der Waals surface area contributed by atoms with E-state index in [4.69, 9.17) is 0 Å². The molecule has 0 spiro atoms. The van der Waals surface area contributed by atoms with Crippen LogP contribution in [0, 0.1) is 17.8 Å². The zero-order chi connectivity index (χ0) is 28.4. The normalized spacial score (nSPS) is 26.2. The summed E-state index contributed by atoms with van der Waals surface area (Å²) < 4.78 is 67.6. The van der Waals surface area contributed by atoms with E-state index >= 15 is 0 Å². The third-order valence-corrected chi connectivity index (χ3v) is 7.36. The topological polar surface area (TPSA) is 134 Å². The van der Waals surface area contributed by atoms with E-state index in [0.717, 1.165) is 25.2 Å². The van der Waals surface area contributed by atoms with E-state index in [9.17, 15) is 45.9 Å². The molecule has 1 aliphatic carbocycles. The number of nitrogens with one attached hydrogen (secondary N) is 3. The smallest absolute Gasteiger partial charge is 0.356 e. The van der Waals surface area contributed by atoms with Gasteiger partial charge in [0, 0.05) is 19.0 Å². The Morgan fingerprint density at radius 2 is 1.82 bits per heavy atom. The standard InChI is InChI=1S/C23H31F5N4O6/c1-22(2,21(24)25)31-19(36)20(37)32-9-12-4-3-5-13(12)16(32)18(35)30-14(8-11-6-7-29-17(11)34)15(33)10-38-23(26,27)28/h11-14,16,21H,3-10H2,1-2H3,(H,29,34)(H,30,35)(H,31,36)/t11?,12-,13-,14?,16-/m0/s1. The average Bonchev–Trinajstić information content (AvgIpc) is 3.51. The van der Waals surface area contributed by atoms with Gasteiger partial charge in [-0.2, -0.15) is 0 Å². The molecule has 1 saturated carbocycles. The summed E-state index contributed by atoms with van der Waals surface area (Å²) in [6, 6.07) is -2.77. The van der Waals surface area contributed by atoms with Gasteiger partial charge in [0.05, 0.1) is 11.6 Å². The van der Waals surface area contributed by atoms with Crippen molar-refractivity contribution in [2.24, 2.45) is 17.8 Å². The molecule has 0 aromatic rings. The Balaban J connectivity index is 1.79. The molecule has 2 unspecified atom stereocenters. The van der Waals surface area contributed by atoms with Crippen molar-refractivity contribution in [3.05, 3.63) is 0 Å². The SMILES string of the molecule is CC(C)(NC(=O)C(=O)N1C[C@@H]2CCC[C@@H]2[C@H]1C(=O)NC(CC1CCNC1=O)C(=O)COC(F)(F)F)C(F)F. The molecular formula is C23H31F5N4O6. The molecule has 38 heavy (non-hydrogen) atoms. The second kappa shape index (κ2) is 11.5. The number of fused-ring (bicyclic) bond motifs is 1. The number of carbonyl (C=O) groups is 5. The number of likely N-dealkylation sites (tertiary alicyclic amines) is 1. The molecule has 214 valence electrons. The maximum Gasteiger partial charge on any atom is 0.522 e. The van der Waals surface area contributed by atoms with E-state index in [1.165, 1.54) is 0 Å². The predicted octanol–water partition coefficient (Wildman–Crippen LogP) is 0.890. The number of nitrogens with zero attached hydrogens (tertiary/aromatic N) is 1. The van der Waals surface area contributed by atoms with Gasteiger partial charge in [0.2, 0.25) is 11.8 Å². The zero-order valence-corrected chi connectivity index (χ0v) is 20.9. The van der Waals surface area contributed by atoms with Crippen LogP contribution in [0.25, 0.3) is 0 Å². The van der Waals surface area contributed by atoms with Gasteiger partial charge in [-0.3, -0.25) is 28.7 Å². The predicted molar refractivity (Wildman–Crippen MR) is 119 cm³/mol. The van der Waals surface area contributed by atoms with Crippen molar-refractivity contribution in [2.45, 2.75) is 76.4 Å². The Morgan fingerprint density at radius 1 is 1.13 bits per heavy atom. The van der Waals surface area contributed by atoms with Crippen LogP contribution in [0.5, 0.6) is 0 Å². The van der Waals surface area contributed by atoms with Gasteiger partial charge in [0.25, 0.3) is 6.43 Å². The van der Waals surface area contributed by atoms with E-state index in [2.05, 4.69) is 15.4 Å². The van der Waals surface area contributed by atoms with Crippen LogP contribution in [0.1, 0.15) is 46.0 Å². The lowest BCUT2D eigenvalue weighted by Crippen LogP contribution is -2.58. The number of Topliss-reactive ketones (excluding diaryl/α,β-unsaturated/α-hetero) is 1. The quantitative estimate of drug-likeness (QED) is 0.286. The van der Waals surface area contributed by atoms with Crippen molar-refractivity contribution in [2.75, 3.05) is 19.7 Å². The summed E-state index contributed by atoms with van der Waals surface area (Å²) in [5, 5.41) is 6.90. The van der Waals surface area contributed by atoms with Crippen LogP contribution in [0.3, 0.4) is 0 Å². The molecule has 2 heterocycles. The maximum atomic E-state index is 13.4. The highest BCUT2D eigenvalue weighted by Crippen LogP contribution is 2.42. The molecular weight excluding hydrogens is 523 g/mol. The first-order valence-electron chi connectivity index (χ1n) is 12.3. The van der Waals surface area contributed by atoms with Gasteiger partial charge in [-0.05, 0) is 51.4 Å². The van der Waals surface area contributed by atoms with Crippen LogP contribution in [-0.4, -0.2) is 84.4 Å². The minimum atomic E-state index is -5.10. The molecule has 3 aliphatic rings. The van der Waals surface area contributed by atoms with E-state index in [1.807, 2.05) is 5.32 Å². The second-order valence-electron chi connectivity index (χ2n) is 10.5. The number of ketones is 1. The van der Waals surface area contributed by atoms with Gasteiger partial charge in [0.15, 0.2) is 5.78 Å². The Bertz CT molecular complexity index is 959. The van der Waals surface area contributed by atoms with Crippen molar-refractivity contribution in [3.8, 4) is 0 Å². The number of carbonyl (C=O) groups excluding carboxylic acids is 5. The first kappa shape index (κ1) is 29.7. The van der Waals surface area contributed by atoms with Crippen molar-refractivity contribution in [3.63, 3.8) is 0 Å². The molecule has 3 fully saturated rings. The molecule has 0 aromatic carbocycles. The number of halogens is 5. The Labute approximate surface area is 215 Å². The highest BCUT2D eigenvalue weighted by Gasteiger charge is 2.51. The molecule has 3 N–H and O–H groups in total. The summed E-state index contributed by atoms with van der Waals surface area (Å²) in [4.78, 5) is 64.5. The fourth-order valence-electron chi connectivity index (χ4n) is 5.32. The molecule has 2 saturated heterocycles. The van der Waals surface area contributed by atoms with Crippen molar-refractivity contribution >= 4 is 29.4 Å². The average molecular weight is 555 g/mol. The second-order valence-corrected chi connectivity index (χ2v) is 10.5. The minimum Gasteiger partial charge on any atom is -0.356 e. The number of ether oxygens (including phenoxy) is 1. The van der Waals surface area contributed by atoms with Crippen LogP contribution in [-0.2, 0) is 28.7 Å². The fourth-order valence-corrected chi connectivity index (χ4v) is 5.32. The van der Waals surface area contributed by atoms with E-state index < -0.39 is 78.3 Å². The van der Waals surface area contributed by atoms with Gasteiger partial charge in [-0.15, -0.1) is 13.2 Å². The highest BCUT2D eigenvalue weighted by molar-refractivity contribution is 6.35. The summed E-state index contributed by atoms with van der Waals surface area (Å²) in [6.07, 6.45) is -6.16. The first-order valence-corrected chi connectivity index (χ1v) is 12.3. The monoisotopic (exact) mass is 554 g/mol. The number of rotatable bonds is 9.